The van der Waals surface area contributed by atoms with Crippen LogP contribution in [0.25, 0.3) is 0 Å². The average molecular weight is 307 g/mol. The third kappa shape index (κ3) is 6.15. The van der Waals surface area contributed by atoms with Gasteiger partial charge in [-0.25, -0.2) is 0 Å². The van der Waals surface area contributed by atoms with Gasteiger partial charge in [-0.05, 0) is 37.1 Å². The number of halogens is 4. The zero-order chi connectivity index (χ0) is 12.9. The highest BCUT2D eigenvalue weighted by atomic mass is 35.5. The van der Waals surface area contributed by atoms with Crippen molar-refractivity contribution in [2.45, 2.75) is 24.8 Å². The molecular formula is C10H18ClF3N2OS. The van der Waals surface area contributed by atoms with Gasteiger partial charge in [-0.1, -0.05) is 6.42 Å². The molecule has 0 spiro atoms. The molecule has 1 amide bonds. The van der Waals surface area contributed by atoms with Crippen molar-refractivity contribution >= 4 is 30.1 Å². The van der Waals surface area contributed by atoms with Crippen molar-refractivity contribution in [1.29, 1.82) is 0 Å². The van der Waals surface area contributed by atoms with E-state index in [2.05, 4.69) is 5.32 Å². The number of thioether (sulfide) groups is 1. The summed E-state index contributed by atoms with van der Waals surface area (Å²) in [5, 5.41) is 2.55. The van der Waals surface area contributed by atoms with Crippen LogP contribution in [0.2, 0.25) is 0 Å². The highest BCUT2D eigenvalue weighted by Crippen LogP contribution is 2.31. The van der Waals surface area contributed by atoms with Gasteiger partial charge in [-0.2, -0.15) is 13.2 Å². The van der Waals surface area contributed by atoms with Crippen LogP contribution in [-0.4, -0.2) is 30.3 Å². The number of hydrogen-bond donors (Lipinski definition) is 2. The lowest BCUT2D eigenvalue weighted by molar-refractivity contribution is -0.125. The first kappa shape index (κ1) is 17.9. The third-order valence-corrected chi connectivity index (χ3v) is 3.70. The van der Waals surface area contributed by atoms with Crippen molar-refractivity contribution in [1.82, 2.24) is 5.32 Å². The second-order valence-electron chi connectivity index (χ2n) is 4.12. The summed E-state index contributed by atoms with van der Waals surface area (Å²) in [6, 6.07) is 0. The van der Waals surface area contributed by atoms with Crippen LogP contribution in [0.3, 0.4) is 0 Å². The maximum absolute atomic E-state index is 11.8. The fraction of sp³-hybridized carbons (Fsp3) is 0.900. The van der Waals surface area contributed by atoms with Crippen molar-refractivity contribution in [2.24, 2.45) is 17.6 Å². The van der Waals surface area contributed by atoms with Crippen LogP contribution in [0.15, 0.2) is 0 Å². The molecule has 0 aromatic heterocycles. The molecule has 1 aliphatic carbocycles. The SMILES string of the molecule is Cl.NC[C@H]1CCC[C@H]1C(=O)NCCSC(F)(F)F. The monoisotopic (exact) mass is 306 g/mol. The second-order valence-corrected chi connectivity index (χ2v) is 5.28. The number of nitrogens with two attached hydrogens (primary N) is 1. The summed E-state index contributed by atoms with van der Waals surface area (Å²) >= 11 is -0.115. The summed E-state index contributed by atoms with van der Waals surface area (Å²) in [6.45, 7) is 0.520. The maximum atomic E-state index is 11.8. The number of nitrogens with one attached hydrogen (secondary N) is 1. The van der Waals surface area contributed by atoms with Gasteiger partial charge in [-0.15, -0.1) is 12.4 Å². The predicted octanol–water partition coefficient (Wildman–Crippen LogP) is 2.15. The van der Waals surface area contributed by atoms with Crippen LogP contribution in [-0.2, 0) is 4.79 Å². The largest absolute Gasteiger partial charge is 0.441 e. The van der Waals surface area contributed by atoms with Crippen LogP contribution < -0.4 is 11.1 Å². The van der Waals surface area contributed by atoms with E-state index < -0.39 is 5.51 Å². The normalized spacial score (nSPS) is 23.6. The number of rotatable bonds is 5. The lowest BCUT2D eigenvalue weighted by Crippen LogP contribution is -2.36. The van der Waals surface area contributed by atoms with Crippen LogP contribution in [0.5, 0.6) is 0 Å². The zero-order valence-corrected chi connectivity index (χ0v) is 11.5. The summed E-state index contributed by atoms with van der Waals surface area (Å²) in [6.07, 6.45) is 2.70. The van der Waals surface area contributed by atoms with E-state index in [9.17, 15) is 18.0 Å². The molecule has 2 atom stereocenters. The van der Waals surface area contributed by atoms with Crippen LogP contribution in [0.1, 0.15) is 19.3 Å². The molecule has 0 unspecified atom stereocenters. The maximum Gasteiger partial charge on any atom is 0.441 e. The topological polar surface area (TPSA) is 55.1 Å². The molecule has 1 rings (SSSR count). The van der Waals surface area contributed by atoms with E-state index in [1.165, 1.54) is 0 Å². The molecule has 3 nitrogen and oxygen atoms in total. The molecular weight excluding hydrogens is 289 g/mol. The molecule has 108 valence electrons. The Kier molecular flexibility index (Phi) is 8.05. The summed E-state index contributed by atoms with van der Waals surface area (Å²) in [7, 11) is 0. The van der Waals surface area contributed by atoms with Crippen LogP contribution >= 0.6 is 24.2 Å². The van der Waals surface area contributed by atoms with Crippen molar-refractivity contribution in [3.05, 3.63) is 0 Å². The molecule has 0 aromatic rings. The minimum atomic E-state index is -4.22. The highest BCUT2D eigenvalue weighted by molar-refractivity contribution is 8.00. The molecule has 1 saturated carbocycles. The zero-order valence-electron chi connectivity index (χ0n) is 9.83. The standard InChI is InChI=1S/C10H17F3N2OS.ClH/c11-10(12,13)17-5-4-15-9(16)8-3-1-2-7(8)6-14;/h7-8H,1-6,14H2,(H,15,16);1H/t7-,8-;/m1./s1. The van der Waals surface area contributed by atoms with Gasteiger partial charge >= 0.3 is 5.51 Å². The molecule has 0 aliphatic heterocycles. The lowest BCUT2D eigenvalue weighted by Gasteiger charge is -2.17. The third-order valence-electron chi connectivity index (χ3n) is 2.97. The van der Waals surface area contributed by atoms with Crippen molar-refractivity contribution < 1.29 is 18.0 Å². The van der Waals surface area contributed by atoms with E-state index in [1.54, 1.807) is 0 Å². The van der Waals surface area contributed by atoms with Crippen molar-refractivity contribution in [3.8, 4) is 0 Å². The molecule has 8 heteroatoms. The fourth-order valence-electron chi connectivity index (χ4n) is 2.14. The summed E-state index contributed by atoms with van der Waals surface area (Å²) < 4.78 is 35.5. The predicted molar refractivity (Wildman–Crippen MR) is 68.7 cm³/mol. The van der Waals surface area contributed by atoms with Crippen molar-refractivity contribution in [3.63, 3.8) is 0 Å². The number of alkyl halides is 3. The first-order valence-corrected chi connectivity index (χ1v) is 6.61. The van der Waals surface area contributed by atoms with Gasteiger partial charge in [0.1, 0.15) is 0 Å². The van der Waals surface area contributed by atoms with E-state index in [0.29, 0.717) is 6.54 Å². The summed E-state index contributed by atoms with van der Waals surface area (Å²) in [4.78, 5) is 11.7. The Morgan fingerprint density at radius 2 is 2.06 bits per heavy atom. The van der Waals surface area contributed by atoms with Gasteiger partial charge in [0.2, 0.25) is 5.91 Å². The van der Waals surface area contributed by atoms with Gasteiger partial charge in [-0.3, -0.25) is 4.79 Å². The average Bonchev–Trinajstić information content (AvgIpc) is 2.70. The van der Waals surface area contributed by atoms with Gasteiger partial charge in [0.25, 0.3) is 0 Å². The molecule has 1 aliphatic rings. The smallest absolute Gasteiger partial charge is 0.355 e. The minimum Gasteiger partial charge on any atom is -0.355 e. The van der Waals surface area contributed by atoms with E-state index in [1.807, 2.05) is 0 Å². The quantitative estimate of drug-likeness (QED) is 0.765. The Morgan fingerprint density at radius 1 is 1.39 bits per heavy atom. The molecule has 0 bridgehead atoms. The minimum absolute atomic E-state index is 0. The Bertz CT molecular complexity index is 266. The number of hydrogen-bond acceptors (Lipinski definition) is 3. The van der Waals surface area contributed by atoms with Crippen molar-refractivity contribution in [2.75, 3.05) is 18.8 Å². The van der Waals surface area contributed by atoms with E-state index in [0.717, 1.165) is 19.3 Å². The molecule has 3 N–H and O–H groups in total. The number of carbonyl (C=O) groups is 1. The van der Waals surface area contributed by atoms with Gasteiger partial charge in [0.05, 0.1) is 0 Å². The van der Waals surface area contributed by atoms with E-state index in [4.69, 9.17) is 5.73 Å². The second kappa shape index (κ2) is 8.12. The Labute approximate surface area is 115 Å². The van der Waals surface area contributed by atoms with E-state index in [-0.39, 0.29) is 54.2 Å². The number of amides is 1. The Hall–Kier alpha value is -0.140. The molecule has 0 radical (unpaired) electrons. The Morgan fingerprint density at radius 3 is 2.61 bits per heavy atom. The summed E-state index contributed by atoms with van der Waals surface area (Å²) in [5.41, 5.74) is 1.32. The molecule has 18 heavy (non-hydrogen) atoms. The molecule has 0 saturated heterocycles. The first-order valence-electron chi connectivity index (χ1n) is 5.62. The highest BCUT2D eigenvalue weighted by Gasteiger charge is 2.32. The molecule has 1 fully saturated rings. The van der Waals surface area contributed by atoms with Crippen LogP contribution in [0.4, 0.5) is 13.2 Å². The molecule has 0 aromatic carbocycles. The fourth-order valence-corrected chi connectivity index (χ4v) is 2.57. The van der Waals surface area contributed by atoms with Gasteiger partial charge < -0.3 is 11.1 Å². The van der Waals surface area contributed by atoms with Gasteiger partial charge in [0.15, 0.2) is 0 Å². The summed E-state index contributed by atoms with van der Waals surface area (Å²) in [5.74, 6) is -0.225. The first-order chi connectivity index (χ1) is 7.94. The van der Waals surface area contributed by atoms with E-state index >= 15 is 0 Å². The van der Waals surface area contributed by atoms with Gasteiger partial charge in [0, 0.05) is 18.2 Å². The molecule has 0 heterocycles. The van der Waals surface area contributed by atoms with Crippen LogP contribution in [0, 0.1) is 11.8 Å². The lowest BCUT2D eigenvalue weighted by atomic mass is 9.95. The number of carbonyl (C=O) groups excluding carboxylic acids is 1. The Balaban J connectivity index is 0.00000289.